The molecule has 0 aliphatic rings. The van der Waals surface area contributed by atoms with Crippen molar-refractivity contribution in [1.29, 1.82) is 0 Å². The van der Waals surface area contributed by atoms with Gasteiger partial charge in [0.1, 0.15) is 17.2 Å². The van der Waals surface area contributed by atoms with Gasteiger partial charge in [0.2, 0.25) is 0 Å². The normalized spacial score (nSPS) is 12.8. The lowest BCUT2D eigenvalue weighted by atomic mass is 10.2. The monoisotopic (exact) mass is 289 g/mol. The van der Waals surface area contributed by atoms with E-state index in [-0.39, 0.29) is 11.2 Å². The number of rotatable bonds is 2. The zero-order chi connectivity index (χ0) is 14.3. The summed E-state index contributed by atoms with van der Waals surface area (Å²) in [6, 6.07) is 8.14. The Morgan fingerprint density at radius 2 is 1.90 bits per heavy atom. The molecule has 1 aromatic carbocycles. The highest BCUT2D eigenvalue weighted by Gasteiger charge is 2.18. The highest BCUT2D eigenvalue weighted by molar-refractivity contribution is 6.20. The molecule has 3 nitrogen and oxygen atoms in total. The first-order valence-corrected chi connectivity index (χ1v) is 6.75. The Bertz CT molecular complexity index is 763. The number of alkyl halides is 1. The maximum atomic E-state index is 13.1. The van der Waals surface area contributed by atoms with Gasteiger partial charge in [0.25, 0.3) is 0 Å². The first kappa shape index (κ1) is 13.1. The SMILES string of the molecule is Cc1ccnc2c1nc(C(C)Cl)n2-c1ccc(F)cc1. The number of halogens is 2. The van der Waals surface area contributed by atoms with Gasteiger partial charge < -0.3 is 0 Å². The van der Waals surface area contributed by atoms with E-state index < -0.39 is 0 Å². The first-order valence-electron chi connectivity index (χ1n) is 6.32. The minimum absolute atomic E-state index is 0.270. The number of aromatic nitrogens is 3. The second-order valence-corrected chi connectivity index (χ2v) is 5.35. The van der Waals surface area contributed by atoms with Gasteiger partial charge in [0.05, 0.1) is 5.38 Å². The van der Waals surface area contributed by atoms with Crippen LogP contribution < -0.4 is 0 Å². The smallest absolute Gasteiger partial charge is 0.164 e. The van der Waals surface area contributed by atoms with Gasteiger partial charge in [-0.3, -0.25) is 4.57 Å². The molecule has 2 aromatic heterocycles. The lowest BCUT2D eigenvalue weighted by molar-refractivity contribution is 0.627. The molecule has 2 heterocycles. The van der Waals surface area contributed by atoms with Crippen LogP contribution in [0, 0.1) is 12.7 Å². The molecule has 0 aliphatic carbocycles. The van der Waals surface area contributed by atoms with E-state index in [4.69, 9.17) is 11.6 Å². The van der Waals surface area contributed by atoms with E-state index in [0.717, 1.165) is 22.4 Å². The molecule has 0 radical (unpaired) electrons. The average Bonchev–Trinajstić information content (AvgIpc) is 2.81. The maximum Gasteiger partial charge on any atom is 0.164 e. The molecule has 102 valence electrons. The van der Waals surface area contributed by atoms with E-state index in [2.05, 4.69) is 9.97 Å². The van der Waals surface area contributed by atoms with Gasteiger partial charge in [-0.1, -0.05) is 0 Å². The molecule has 0 N–H and O–H groups in total. The highest BCUT2D eigenvalue weighted by Crippen LogP contribution is 2.28. The molecule has 3 aromatic rings. The van der Waals surface area contributed by atoms with E-state index in [0.29, 0.717) is 5.82 Å². The van der Waals surface area contributed by atoms with Crippen LogP contribution in [0.1, 0.15) is 23.7 Å². The Kier molecular flexibility index (Phi) is 3.18. The summed E-state index contributed by atoms with van der Waals surface area (Å²) in [4.78, 5) is 8.98. The van der Waals surface area contributed by atoms with Crippen LogP contribution in [-0.4, -0.2) is 14.5 Å². The number of aryl methyl sites for hydroxylation is 1. The second kappa shape index (κ2) is 4.87. The third-order valence-corrected chi connectivity index (χ3v) is 3.41. The van der Waals surface area contributed by atoms with Crippen LogP contribution in [0.3, 0.4) is 0 Å². The molecule has 0 aliphatic heterocycles. The fraction of sp³-hybridized carbons (Fsp3) is 0.200. The average molecular weight is 290 g/mol. The van der Waals surface area contributed by atoms with Crippen molar-refractivity contribution in [3.8, 4) is 5.69 Å². The van der Waals surface area contributed by atoms with Crippen molar-refractivity contribution < 1.29 is 4.39 Å². The Morgan fingerprint density at radius 1 is 1.20 bits per heavy atom. The summed E-state index contributed by atoms with van der Waals surface area (Å²) < 4.78 is 15.0. The summed E-state index contributed by atoms with van der Waals surface area (Å²) >= 11 is 6.23. The first-order chi connectivity index (χ1) is 9.58. The van der Waals surface area contributed by atoms with Gasteiger partial charge in [-0.05, 0) is 49.7 Å². The van der Waals surface area contributed by atoms with Crippen molar-refractivity contribution in [2.24, 2.45) is 0 Å². The Labute approximate surface area is 121 Å². The Balaban J connectivity index is 2.35. The minimum Gasteiger partial charge on any atom is -0.279 e. The largest absolute Gasteiger partial charge is 0.279 e. The van der Waals surface area contributed by atoms with Crippen molar-refractivity contribution in [2.45, 2.75) is 19.2 Å². The summed E-state index contributed by atoms with van der Waals surface area (Å²) in [6.45, 7) is 3.84. The fourth-order valence-electron chi connectivity index (χ4n) is 2.22. The predicted molar refractivity (Wildman–Crippen MR) is 77.8 cm³/mol. The van der Waals surface area contributed by atoms with Gasteiger partial charge in [-0.25, -0.2) is 14.4 Å². The van der Waals surface area contributed by atoms with Crippen LogP contribution in [0.5, 0.6) is 0 Å². The van der Waals surface area contributed by atoms with E-state index in [9.17, 15) is 4.39 Å². The molecule has 1 unspecified atom stereocenters. The quantitative estimate of drug-likeness (QED) is 0.663. The van der Waals surface area contributed by atoms with Gasteiger partial charge >= 0.3 is 0 Å². The number of nitrogens with zero attached hydrogens (tertiary/aromatic N) is 3. The van der Waals surface area contributed by atoms with Crippen molar-refractivity contribution in [2.75, 3.05) is 0 Å². The van der Waals surface area contributed by atoms with Gasteiger partial charge in [0, 0.05) is 11.9 Å². The number of imidazole rings is 1. The van der Waals surface area contributed by atoms with Crippen molar-refractivity contribution >= 4 is 22.8 Å². The van der Waals surface area contributed by atoms with Crippen LogP contribution in [0.2, 0.25) is 0 Å². The Hall–Kier alpha value is -1.94. The summed E-state index contributed by atoms with van der Waals surface area (Å²) in [5, 5.41) is -0.270. The van der Waals surface area contributed by atoms with E-state index >= 15 is 0 Å². The van der Waals surface area contributed by atoms with Crippen molar-refractivity contribution in [3.05, 3.63) is 53.7 Å². The lowest BCUT2D eigenvalue weighted by Crippen LogP contribution is -2.02. The fourth-order valence-corrected chi connectivity index (χ4v) is 2.37. The van der Waals surface area contributed by atoms with Crippen LogP contribution in [-0.2, 0) is 0 Å². The molecule has 20 heavy (non-hydrogen) atoms. The van der Waals surface area contributed by atoms with Crippen molar-refractivity contribution in [1.82, 2.24) is 14.5 Å². The zero-order valence-corrected chi connectivity index (χ0v) is 11.9. The van der Waals surface area contributed by atoms with Gasteiger partial charge in [-0.2, -0.15) is 0 Å². The molecule has 1 atom stereocenters. The standard InChI is InChI=1S/C15H13ClFN3/c1-9-7-8-18-15-13(9)19-14(10(2)16)20(15)12-5-3-11(17)4-6-12/h3-8,10H,1-2H3. The molecule has 0 spiro atoms. The zero-order valence-electron chi connectivity index (χ0n) is 11.1. The number of pyridine rings is 1. The number of fused-ring (bicyclic) bond motifs is 1. The van der Waals surface area contributed by atoms with Gasteiger partial charge in [0.15, 0.2) is 5.65 Å². The maximum absolute atomic E-state index is 13.1. The lowest BCUT2D eigenvalue weighted by Gasteiger charge is -2.09. The molecular weight excluding hydrogens is 277 g/mol. The van der Waals surface area contributed by atoms with Crippen LogP contribution in [0.25, 0.3) is 16.9 Å². The number of hydrogen-bond donors (Lipinski definition) is 0. The van der Waals surface area contributed by atoms with E-state index in [1.54, 1.807) is 18.3 Å². The molecule has 0 bridgehead atoms. The summed E-state index contributed by atoms with van der Waals surface area (Å²) in [5.74, 6) is 0.429. The van der Waals surface area contributed by atoms with Crippen LogP contribution in [0.4, 0.5) is 4.39 Å². The summed E-state index contributed by atoms with van der Waals surface area (Å²) in [5.41, 5.74) is 3.39. The summed E-state index contributed by atoms with van der Waals surface area (Å²) in [6.07, 6.45) is 1.74. The van der Waals surface area contributed by atoms with E-state index in [1.807, 2.05) is 24.5 Å². The Morgan fingerprint density at radius 3 is 2.55 bits per heavy atom. The minimum atomic E-state index is -0.275. The number of hydrogen-bond acceptors (Lipinski definition) is 2. The molecule has 0 saturated carbocycles. The van der Waals surface area contributed by atoms with Crippen LogP contribution >= 0.6 is 11.6 Å². The molecular formula is C15H13ClFN3. The molecule has 5 heteroatoms. The van der Waals surface area contributed by atoms with Crippen molar-refractivity contribution in [3.63, 3.8) is 0 Å². The molecule has 0 fully saturated rings. The highest BCUT2D eigenvalue weighted by atomic mass is 35.5. The summed E-state index contributed by atoms with van der Waals surface area (Å²) in [7, 11) is 0. The molecule has 3 rings (SSSR count). The van der Waals surface area contributed by atoms with Crippen LogP contribution in [0.15, 0.2) is 36.5 Å². The number of benzene rings is 1. The third-order valence-electron chi connectivity index (χ3n) is 3.21. The molecule has 0 amide bonds. The second-order valence-electron chi connectivity index (χ2n) is 4.70. The topological polar surface area (TPSA) is 30.7 Å². The van der Waals surface area contributed by atoms with E-state index in [1.165, 1.54) is 12.1 Å². The van der Waals surface area contributed by atoms with Gasteiger partial charge in [-0.15, -0.1) is 11.6 Å². The predicted octanol–water partition coefficient (Wildman–Crippen LogP) is 4.17. The third kappa shape index (κ3) is 2.06. The molecule has 0 saturated heterocycles.